The van der Waals surface area contributed by atoms with Crippen molar-refractivity contribution in [3.05, 3.63) is 83.4 Å². The Kier molecular flexibility index (Phi) is 6.14. The maximum absolute atomic E-state index is 12.5. The molecule has 0 radical (unpaired) electrons. The fourth-order valence-corrected chi connectivity index (χ4v) is 2.95. The lowest BCUT2D eigenvalue weighted by atomic mass is 9.95. The molecule has 0 aliphatic heterocycles. The first-order valence-corrected chi connectivity index (χ1v) is 8.95. The number of hydrogen-bond donors (Lipinski definition) is 1. The van der Waals surface area contributed by atoms with Gasteiger partial charge in [-0.2, -0.15) is 0 Å². The zero-order valence-corrected chi connectivity index (χ0v) is 15.8. The number of aromatic nitrogens is 1. The zero-order valence-electron chi connectivity index (χ0n) is 15.8. The van der Waals surface area contributed by atoms with Crippen molar-refractivity contribution in [3.63, 3.8) is 0 Å². The van der Waals surface area contributed by atoms with Crippen LogP contribution in [0.15, 0.2) is 66.7 Å². The van der Waals surface area contributed by atoms with Crippen molar-refractivity contribution in [1.29, 1.82) is 0 Å². The number of methoxy groups -OCH3 is 1. The summed E-state index contributed by atoms with van der Waals surface area (Å²) in [6.45, 7) is 0. The van der Waals surface area contributed by atoms with Crippen LogP contribution in [-0.2, 0) is 16.0 Å². The molecule has 0 spiro atoms. The molecule has 1 N–H and O–H groups in total. The standard InChI is InChI=1S/C23H19NO5/c1-29-22-9-5-8-19(24-22)17-11-16(10-15-6-3-2-4-7-15)12-18(13-17)20(25)14-21(26)23(27)28/h2-9,11-13H,10,14H2,1H3,(H,27,28). The fraction of sp³-hybridized carbons (Fsp3) is 0.130. The number of ether oxygens (including phenoxy) is 1. The van der Waals surface area contributed by atoms with Gasteiger partial charge in [0.15, 0.2) is 5.78 Å². The minimum atomic E-state index is -1.62. The van der Waals surface area contributed by atoms with Gasteiger partial charge in [-0.25, -0.2) is 9.78 Å². The van der Waals surface area contributed by atoms with Crippen LogP contribution in [0.5, 0.6) is 5.88 Å². The molecule has 0 aliphatic rings. The first kappa shape index (κ1) is 19.9. The molecule has 0 unspecified atom stereocenters. The van der Waals surface area contributed by atoms with Crippen LogP contribution >= 0.6 is 0 Å². The molecule has 2 aromatic carbocycles. The Balaban J connectivity index is 2.02. The Morgan fingerprint density at radius 1 is 0.931 bits per heavy atom. The van der Waals surface area contributed by atoms with Crippen molar-refractivity contribution in [1.82, 2.24) is 4.98 Å². The third-order valence-electron chi connectivity index (χ3n) is 4.35. The number of carboxylic acids is 1. The number of pyridine rings is 1. The molecule has 3 aromatic rings. The second kappa shape index (κ2) is 8.93. The number of aliphatic carboxylic acids is 1. The average molecular weight is 389 g/mol. The van der Waals surface area contributed by atoms with Crippen LogP contribution in [0.25, 0.3) is 11.3 Å². The molecule has 0 bridgehead atoms. The molecule has 29 heavy (non-hydrogen) atoms. The number of ketones is 2. The molecular weight excluding hydrogens is 370 g/mol. The van der Waals surface area contributed by atoms with Crippen LogP contribution in [0.3, 0.4) is 0 Å². The molecule has 0 amide bonds. The molecule has 146 valence electrons. The van der Waals surface area contributed by atoms with Gasteiger partial charge in [0.25, 0.3) is 0 Å². The van der Waals surface area contributed by atoms with Crippen molar-refractivity contribution in [2.24, 2.45) is 0 Å². The quantitative estimate of drug-likeness (QED) is 0.360. The lowest BCUT2D eigenvalue weighted by Crippen LogP contribution is -2.17. The van der Waals surface area contributed by atoms with Gasteiger partial charge in [-0.1, -0.05) is 36.4 Å². The Labute approximate surface area is 167 Å². The maximum atomic E-state index is 12.5. The first-order valence-electron chi connectivity index (χ1n) is 8.95. The Hall–Kier alpha value is -3.80. The van der Waals surface area contributed by atoms with Crippen LogP contribution in [0, 0.1) is 0 Å². The van der Waals surface area contributed by atoms with Crippen LogP contribution < -0.4 is 4.74 Å². The topological polar surface area (TPSA) is 93.6 Å². The van der Waals surface area contributed by atoms with E-state index >= 15 is 0 Å². The maximum Gasteiger partial charge on any atom is 0.372 e. The lowest BCUT2D eigenvalue weighted by Gasteiger charge is -2.10. The Morgan fingerprint density at radius 2 is 1.69 bits per heavy atom. The van der Waals surface area contributed by atoms with Gasteiger partial charge in [0.1, 0.15) is 0 Å². The third-order valence-corrected chi connectivity index (χ3v) is 4.35. The van der Waals surface area contributed by atoms with Crippen LogP contribution in [-0.4, -0.2) is 34.7 Å². The Morgan fingerprint density at radius 3 is 2.38 bits per heavy atom. The van der Waals surface area contributed by atoms with Gasteiger partial charge in [0, 0.05) is 17.2 Å². The summed E-state index contributed by atoms with van der Waals surface area (Å²) >= 11 is 0. The molecule has 0 saturated carbocycles. The summed E-state index contributed by atoms with van der Waals surface area (Å²) in [6, 6.07) is 20.3. The SMILES string of the molecule is COc1cccc(-c2cc(Cc3ccccc3)cc(C(=O)CC(=O)C(=O)O)c2)n1. The Bertz CT molecular complexity index is 1060. The summed E-state index contributed by atoms with van der Waals surface area (Å²) in [5.41, 5.74) is 3.47. The normalized spacial score (nSPS) is 10.4. The molecule has 0 atom stereocenters. The van der Waals surface area contributed by atoms with E-state index in [2.05, 4.69) is 4.98 Å². The number of Topliss-reactive ketones (excluding diaryl/α,β-unsaturated/α-hetero) is 2. The predicted octanol–water partition coefficient (Wildman–Crippen LogP) is 3.57. The summed E-state index contributed by atoms with van der Waals surface area (Å²) in [7, 11) is 1.52. The van der Waals surface area contributed by atoms with Gasteiger partial charge in [-0.05, 0) is 41.8 Å². The highest BCUT2D eigenvalue weighted by Crippen LogP contribution is 2.25. The molecule has 6 nitrogen and oxygen atoms in total. The predicted molar refractivity (Wildman–Crippen MR) is 107 cm³/mol. The van der Waals surface area contributed by atoms with Crippen molar-refractivity contribution < 1.29 is 24.2 Å². The number of hydrogen-bond acceptors (Lipinski definition) is 5. The van der Waals surface area contributed by atoms with E-state index in [-0.39, 0.29) is 5.56 Å². The molecular formula is C23H19NO5. The van der Waals surface area contributed by atoms with E-state index in [9.17, 15) is 14.4 Å². The van der Waals surface area contributed by atoms with E-state index < -0.39 is 24.0 Å². The van der Waals surface area contributed by atoms with Gasteiger partial charge in [-0.15, -0.1) is 0 Å². The summed E-state index contributed by atoms with van der Waals surface area (Å²) in [5.74, 6) is -2.86. The van der Waals surface area contributed by atoms with E-state index in [0.29, 0.717) is 23.6 Å². The molecule has 0 fully saturated rings. The van der Waals surface area contributed by atoms with Crippen molar-refractivity contribution >= 4 is 17.5 Å². The first-order chi connectivity index (χ1) is 14.0. The van der Waals surface area contributed by atoms with E-state index in [0.717, 1.165) is 11.1 Å². The highest BCUT2D eigenvalue weighted by Gasteiger charge is 2.19. The van der Waals surface area contributed by atoms with E-state index in [4.69, 9.17) is 9.84 Å². The van der Waals surface area contributed by atoms with Gasteiger partial charge < -0.3 is 9.84 Å². The molecule has 0 saturated heterocycles. The molecule has 1 heterocycles. The number of benzene rings is 2. The highest BCUT2D eigenvalue weighted by molar-refractivity contribution is 6.37. The van der Waals surface area contributed by atoms with Crippen molar-refractivity contribution in [3.8, 4) is 17.1 Å². The second-order valence-electron chi connectivity index (χ2n) is 6.47. The average Bonchev–Trinajstić information content (AvgIpc) is 2.74. The second-order valence-corrected chi connectivity index (χ2v) is 6.47. The molecule has 1 aromatic heterocycles. The smallest absolute Gasteiger partial charge is 0.372 e. The minimum absolute atomic E-state index is 0.271. The number of rotatable bonds is 8. The summed E-state index contributed by atoms with van der Waals surface area (Å²) in [4.78, 5) is 39.2. The molecule has 3 rings (SSSR count). The summed E-state index contributed by atoms with van der Waals surface area (Å²) < 4.78 is 5.17. The number of carbonyl (C=O) groups is 3. The summed E-state index contributed by atoms with van der Waals surface area (Å²) in [5, 5.41) is 8.79. The minimum Gasteiger partial charge on any atom is -0.481 e. The number of carboxylic acid groups (broad SMARTS) is 1. The van der Waals surface area contributed by atoms with Gasteiger partial charge in [0.05, 0.1) is 19.2 Å². The summed E-state index contributed by atoms with van der Waals surface area (Å²) in [6.07, 6.45) is -0.110. The van der Waals surface area contributed by atoms with Crippen molar-refractivity contribution in [2.75, 3.05) is 7.11 Å². The third kappa shape index (κ3) is 5.13. The zero-order chi connectivity index (χ0) is 20.8. The van der Waals surface area contributed by atoms with Crippen LogP contribution in [0.2, 0.25) is 0 Å². The largest absolute Gasteiger partial charge is 0.481 e. The molecule has 0 aliphatic carbocycles. The molecule has 6 heteroatoms. The van der Waals surface area contributed by atoms with Gasteiger partial charge >= 0.3 is 5.97 Å². The fourth-order valence-electron chi connectivity index (χ4n) is 2.95. The lowest BCUT2D eigenvalue weighted by molar-refractivity contribution is -0.148. The van der Waals surface area contributed by atoms with E-state index in [1.54, 1.807) is 30.3 Å². The van der Waals surface area contributed by atoms with Gasteiger partial charge in [-0.3, -0.25) is 9.59 Å². The van der Waals surface area contributed by atoms with E-state index in [1.807, 2.05) is 36.4 Å². The van der Waals surface area contributed by atoms with Crippen LogP contribution in [0.1, 0.15) is 27.9 Å². The van der Waals surface area contributed by atoms with Crippen molar-refractivity contribution in [2.45, 2.75) is 12.8 Å². The van der Waals surface area contributed by atoms with Crippen LogP contribution in [0.4, 0.5) is 0 Å². The highest BCUT2D eigenvalue weighted by atomic mass is 16.5. The van der Waals surface area contributed by atoms with Gasteiger partial charge in [0.2, 0.25) is 11.7 Å². The monoisotopic (exact) mass is 389 g/mol. The number of carbonyl (C=O) groups excluding carboxylic acids is 2. The van der Waals surface area contributed by atoms with E-state index in [1.165, 1.54) is 7.11 Å². The number of nitrogens with zero attached hydrogens (tertiary/aromatic N) is 1.